The Morgan fingerprint density at radius 2 is 1.94 bits per heavy atom. The Morgan fingerprint density at radius 3 is 2.66 bits per heavy atom. The van der Waals surface area contributed by atoms with Crippen molar-refractivity contribution in [2.45, 2.75) is 6.54 Å². The van der Waals surface area contributed by atoms with E-state index in [-0.39, 0.29) is 5.91 Å². The zero-order valence-corrected chi connectivity index (χ0v) is 19.3. The van der Waals surface area contributed by atoms with Crippen LogP contribution in [-0.4, -0.2) is 54.1 Å². The van der Waals surface area contributed by atoms with E-state index in [0.29, 0.717) is 12.1 Å². The number of benzene rings is 1. The Morgan fingerprint density at radius 1 is 1.12 bits per heavy atom. The molecule has 0 radical (unpaired) electrons. The molecule has 4 aromatic rings. The normalized spacial score (nSPS) is 14.5. The van der Waals surface area contributed by atoms with Crippen LogP contribution >= 0.6 is 22.7 Å². The van der Waals surface area contributed by atoms with Crippen LogP contribution in [0.25, 0.3) is 20.7 Å². The van der Waals surface area contributed by atoms with Crippen molar-refractivity contribution in [3.8, 4) is 10.4 Å². The van der Waals surface area contributed by atoms with Crippen LogP contribution in [0.3, 0.4) is 0 Å². The molecule has 0 aliphatic carbocycles. The summed E-state index contributed by atoms with van der Waals surface area (Å²) in [6, 6.07) is 11.6. The Hall–Kier alpha value is -2.85. The van der Waals surface area contributed by atoms with E-state index in [1.807, 2.05) is 24.3 Å². The minimum atomic E-state index is -0.105. The molecule has 1 fully saturated rings. The highest BCUT2D eigenvalue weighted by molar-refractivity contribution is 7.18. The molecular weight excluding hydrogens is 442 g/mol. The largest absolute Gasteiger partial charge is 0.379 e. The Labute approximate surface area is 194 Å². The Kier molecular flexibility index (Phi) is 6.13. The van der Waals surface area contributed by atoms with Gasteiger partial charge < -0.3 is 15.4 Å². The predicted octanol–water partition coefficient (Wildman–Crippen LogP) is 4.36. The molecule has 0 unspecified atom stereocenters. The van der Waals surface area contributed by atoms with Gasteiger partial charge in [0.1, 0.15) is 16.5 Å². The highest BCUT2D eigenvalue weighted by Crippen LogP contribution is 2.39. The van der Waals surface area contributed by atoms with Gasteiger partial charge >= 0.3 is 0 Å². The summed E-state index contributed by atoms with van der Waals surface area (Å²) < 4.78 is 5.47. The summed E-state index contributed by atoms with van der Waals surface area (Å²) in [6.07, 6.45) is 0. The number of rotatable bonds is 6. The van der Waals surface area contributed by atoms with Crippen molar-refractivity contribution < 1.29 is 9.53 Å². The minimum Gasteiger partial charge on any atom is -0.379 e. The topological polar surface area (TPSA) is 79.4 Å². The molecule has 1 aliphatic heterocycles. The zero-order chi connectivity index (χ0) is 21.9. The van der Waals surface area contributed by atoms with E-state index in [9.17, 15) is 4.79 Å². The third-order valence-corrected chi connectivity index (χ3v) is 7.15. The van der Waals surface area contributed by atoms with Gasteiger partial charge in [0, 0.05) is 47.2 Å². The van der Waals surface area contributed by atoms with Gasteiger partial charge in [-0.3, -0.25) is 9.69 Å². The number of hydrogen-bond donors (Lipinski definition) is 2. The Balaban J connectivity index is 1.52. The molecular formula is C23H23N5O2S2. The van der Waals surface area contributed by atoms with Gasteiger partial charge in [-0.25, -0.2) is 9.97 Å². The standard InChI is InChI=1S/C23H23N5O2S2/c1-24-22(29)15-4-6-16(7-5-15)25-21-20-17(18-3-2-12-31-18)14-32-23(20)27-19(26-21)13-28-8-10-30-11-9-28/h2-7,12,14H,8-11,13H2,1H3,(H,24,29)(H,25,26,27). The number of nitrogens with one attached hydrogen (secondary N) is 2. The second kappa shape index (κ2) is 9.33. The van der Waals surface area contributed by atoms with Gasteiger partial charge in [-0.2, -0.15) is 0 Å². The fraction of sp³-hybridized carbons (Fsp3) is 0.261. The molecule has 1 aromatic carbocycles. The quantitative estimate of drug-likeness (QED) is 0.441. The molecule has 4 heterocycles. The summed E-state index contributed by atoms with van der Waals surface area (Å²) in [5.41, 5.74) is 2.63. The van der Waals surface area contributed by atoms with Crippen LogP contribution in [0.15, 0.2) is 47.2 Å². The number of anilines is 2. The lowest BCUT2D eigenvalue weighted by molar-refractivity contribution is 0.0331. The van der Waals surface area contributed by atoms with Gasteiger partial charge in [0.05, 0.1) is 25.1 Å². The molecule has 7 nitrogen and oxygen atoms in total. The molecule has 1 amide bonds. The van der Waals surface area contributed by atoms with Gasteiger partial charge in [0.25, 0.3) is 5.91 Å². The fourth-order valence-corrected chi connectivity index (χ4v) is 5.49. The lowest BCUT2D eigenvalue weighted by atomic mass is 10.1. The number of ether oxygens (including phenoxy) is 1. The molecule has 0 atom stereocenters. The summed E-state index contributed by atoms with van der Waals surface area (Å²) in [6.45, 7) is 3.95. The summed E-state index contributed by atoms with van der Waals surface area (Å²) >= 11 is 3.35. The summed E-state index contributed by atoms with van der Waals surface area (Å²) in [5.74, 6) is 1.48. The predicted molar refractivity (Wildman–Crippen MR) is 130 cm³/mol. The van der Waals surface area contributed by atoms with E-state index < -0.39 is 0 Å². The lowest BCUT2D eigenvalue weighted by Gasteiger charge is -2.25. The molecule has 1 saturated heterocycles. The van der Waals surface area contributed by atoms with E-state index in [1.165, 1.54) is 4.88 Å². The second-order valence-electron chi connectivity index (χ2n) is 7.47. The number of hydrogen-bond acceptors (Lipinski definition) is 8. The van der Waals surface area contributed by atoms with Crippen LogP contribution in [0, 0.1) is 0 Å². The molecule has 5 rings (SSSR count). The molecule has 164 valence electrons. The number of nitrogens with zero attached hydrogens (tertiary/aromatic N) is 3. The maximum Gasteiger partial charge on any atom is 0.251 e. The van der Waals surface area contributed by atoms with Crippen LogP contribution in [0.5, 0.6) is 0 Å². The van der Waals surface area contributed by atoms with E-state index in [4.69, 9.17) is 14.7 Å². The van der Waals surface area contributed by atoms with Crippen molar-refractivity contribution in [1.29, 1.82) is 0 Å². The van der Waals surface area contributed by atoms with Gasteiger partial charge in [-0.1, -0.05) is 6.07 Å². The first kappa shape index (κ1) is 21.0. The van der Waals surface area contributed by atoms with Crippen LogP contribution in [0.2, 0.25) is 0 Å². The van der Waals surface area contributed by atoms with E-state index in [2.05, 4.69) is 38.4 Å². The number of carbonyl (C=O) groups is 1. The van der Waals surface area contributed by atoms with Crippen LogP contribution in [0.1, 0.15) is 16.2 Å². The molecule has 0 saturated carbocycles. The van der Waals surface area contributed by atoms with E-state index in [1.54, 1.807) is 29.7 Å². The third kappa shape index (κ3) is 4.37. The van der Waals surface area contributed by atoms with Gasteiger partial charge in [-0.05, 0) is 35.7 Å². The van der Waals surface area contributed by atoms with Crippen molar-refractivity contribution >= 4 is 50.3 Å². The summed E-state index contributed by atoms with van der Waals surface area (Å²) in [7, 11) is 1.63. The molecule has 0 spiro atoms. The lowest BCUT2D eigenvalue weighted by Crippen LogP contribution is -2.36. The molecule has 2 N–H and O–H groups in total. The molecule has 1 aliphatic rings. The van der Waals surface area contributed by atoms with Gasteiger partial charge in [0.2, 0.25) is 0 Å². The molecule has 9 heteroatoms. The van der Waals surface area contributed by atoms with Gasteiger partial charge in [-0.15, -0.1) is 22.7 Å². The molecule has 3 aromatic heterocycles. The summed E-state index contributed by atoms with van der Waals surface area (Å²) in [5, 5.41) is 11.4. The maximum atomic E-state index is 11.9. The number of thiophene rings is 2. The minimum absolute atomic E-state index is 0.105. The third-order valence-electron chi connectivity index (χ3n) is 5.37. The highest BCUT2D eigenvalue weighted by Gasteiger charge is 2.19. The van der Waals surface area contributed by atoms with Crippen molar-refractivity contribution in [2.24, 2.45) is 0 Å². The van der Waals surface area contributed by atoms with Crippen LogP contribution in [-0.2, 0) is 11.3 Å². The number of aromatic nitrogens is 2. The average Bonchev–Trinajstić information content (AvgIpc) is 3.50. The van der Waals surface area contributed by atoms with Crippen molar-refractivity contribution in [1.82, 2.24) is 20.2 Å². The van der Waals surface area contributed by atoms with E-state index >= 15 is 0 Å². The SMILES string of the molecule is CNC(=O)c1ccc(Nc2nc(CN3CCOCC3)nc3scc(-c4cccs4)c23)cc1. The highest BCUT2D eigenvalue weighted by atomic mass is 32.1. The van der Waals surface area contributed by atoms with Crippen LogP contribution < -0.4 is 10.6 Å². The molecule has 32 heavy (non-hydrogen) atoms. The number of fused-ring (bicyclic) bond motifs is 1. The number of amides is 1. The first-order chi connectivity index (χ1) is 15.7. The van der Waals surface area contributed by atoms with Crippen molar-refractivity contribution in [2.75, 3.05) is 38.7 Å². The fourth-order valence-electron chi connectivity index (χ4n) is 3.71. The zero-order valence-electron chi connectivity index (χ0n) is 17.6. The van der Waals surface area contributed by atoms with E-state index in [0.717, 1.165) is 59.4 Å². The monoisotopic (exact) mass is 465 g/mol. The Bertz CT molecular complexity index is 1220. The molecule has 0 bridgehead atoms. The first-order valence-corrected chi connectivity index (χ1v) is 12.2. The second-order valence-corrected chi connectivity index (χ2v) is 9.27. The number of carbonyl (C=O) groups excluding carboxylic acids is 1. The summed E-state index contributed by atoms with van der Waals surface area (Å²) in [4.78, 5) is 26.2. The van der Waals surface area contributed by atoms with Crippen LogP contribution in [0.4, 0.5) is 11.5 Å². The maximum absolute atomic E-state index is 11.9. The van der Waals surface area contributed by atoms with Crippen molar-refractivity contribution in [3.05, 3.63) is 58.5 Å². The van der Waals surface area contributed by atoms with Crippen molar-refractivity contribution in [3.63, 3.8) is 0 Å². The van der Waals surface area contributed by atoms with Gasteiger partial charge in [0.15, 0.2) is 0 Å². The number of morpholine rings is 1. The first-order valence-electron chi connectivity index (χ1n) is 10.4. The average molecular weight is 466 g/mol. The smallest absolute Gasteiger partial charge is 0.251 e.